The Morgan fingerprint density at radius 2 is 1.83 bits per heavy atom. The number of hydrogen-bond donors (Lipinski definition) is 1. The Kier molecular flexibility index (Phi) is 2.13. The van der Waals surface area contributed by atoms with E-state index in [1.54, 1.807) is 0 Å². The average molecular weight is 115 g/mol. The standard InChI is InChI=1S/CHF2O2P/c2-1(3)6(4)5/h1H/p+1. The third-order valence-corrected chi connectivity index (χ3v) is 0.501. The molecule has 0 heterocycles. The minimum Gasteiger partial charge on any atom is -0.156 e. The van der Waals surface area contributed by atoms with Crippen molar-refractivity contribution in [2.45, 2.75) is 6.17 Å². The van der Waals surface area contributed by atoms with Crippen molar-refractivity contribution in [3.05, 3.63) is 0 Å². The van der Waals surface area contributed by atoms with Crippen molar-refractivity contribution in [1.29, 1.82) is 0 Å². The first-order chi connectivity index (χ1) is 2.64. The molecule has 6 heavy (non-hydrogen) atoms. The van der Waals surface area contributed by atoms with Gasteiger partial charge in [-0.25, -0.2) is 0 Å². The van der Waals surface area contributed by atoms with Crippen LogP contribution in [0.15, 0.2) is 0 Å². The first-order valence-electron chi connectivity index (χ1n) is 1.08. The highest BCUT2D eigenvalue weighted by Crippen LogP contribution is 2.23. The lowest BCUT2D eigenvalue weighted by atomic mass is 11.7. The van der Waals surface area contributed by atoms with Crippen LogP contribution in [0.25, 0.3) is 0 Å². The second-order valence-corrected chi connectivity index (χ2v) is 1.58. The van der Waals surface area contributed by atoms with Gasteiger partial charge in [-0.15, -0.1) is 0 Å². The van der Waals surface area contributed by atoms with E-state index < -0.39 is 14.2 Å². The monoisotopic (exact) mass is 115 g/mol. The second-order valence-electron chi connectivity index (χ2n) is 0.580. The third-order valence-electron chi connectivity index (χ3n) is 0.167. The van der Waals surface area contributed by atoms with Gasteiger partial charge in [-0.1, -0.05) is 0 Å². The Morgan fingerprint density at radius 1 is 1.67 bits per heavy atom. The molecule has 0 radical (unpaired) electrons. The number of rotatable bonds is 1. The van der Waals surface area contributed by atoms with E-state index in [0.29, 0.717) is 0 Å². The molecule has 5 heteroatoms. The fourth-order valence-electron chi connectivity index (χ4n) is 0. The fourth-order valence-corrected chi connectivity index (χ4v) is 0. The molecule has 0 saturated carbocycles. The first kappa shape index (κ1) is 5.92. The molecule has 0 spiro atoms. The topological polar surface area (TPSA) is 37.3 Å². The van der Waals surface area contributed by atoms with Crippen LogP contribution in [0.1, 0.15) is 0 Å². The van der Waals surface area contributed by atoms with Gasteiger partial charge in [0.2, 0.25) is 0 Å². The Hall–Kier alpha value is -0.0800. The van der Waals surface area contributed by atoms with Crippen LogP contribution >= 0.6 is 8.03 Å². The van der Waals surface area contributed by atoms with Gasteiger partial charge in [-0.05, 0) is 4.57 Å². The largest absolute Gasteiger partial charge is 0.580 e. The van der Waals surface area contributed by atoms with Crippen LogP contribution in [0.3, 0.4) is 0 Å². The summed E-state index contributed by atoms with van der Waals surface area (Å²) in [6.07, 6.45) is -3.08. The predicted octanol–water partition coefficient (Wildman–Crippen LogP) is 0.944. The van der Waals surface area contributed by atoms with Crippen molar-refractivity contribution in [1.82, 2.24) is 0 Å². The normalized spacial score (nSPS) is 12.3. The minimum absolute atomic E-state index is 3.08. The molecule has 0 amide bonds. The summed E-state index contributed by atoms with van der Waals surface area (Å²) in [5.74, 6) is 0. The van der Waals surface area contributed by atoms with Crippen LogP contribution in [0.5, 0.6) is 0 Å². The maximum Gasteiger partial charge on any atom is 0.580 e. The van der Waals surface area contributed by atoms with Crippen LogP contribution in [0.2, 0.25) is 0 Å². The average Bonchev–Trinajstić information content (AvgIpc) is 1.36. The molecule has 0 aliphatic heterocycles. The summed E-state index contributed by atoms with van der Waals surface area (Å²) < 4.78 is 30.3. The Labute approximate surface area is 33.7 Å². The summed E-state index contributed by atoms with van der Waals surface area (Å²) in [5, 5.41) is 0. The highest BCUT2D eigenvalue weighted by molar-refractivity contribution is 7.38. The molecular weight excluding hydrogens is 113 g/mol. The second kappa shape index (κ2) is 2.16. The van der Waals surface area contributed by atoms with Crippen molar-refractivity contribution in [2.75, 3.05) is 0 Å². The smallest absolute Gasteiger partial charge is 0.156 e. The number of alkyl halides is 2. The highest BCUT2D eigenvalue weighted by atomic mass is 31.1. The lowest BCUT2D eigenvalue weighted by Crippen LogP contribution is -1.75. The van der Waals surface area contributed by atoms with Crippen molar-refractivity contribution in [3.63, 3.8) is 0 Å². The fraction of sp³-hybridized carbons (Fsp3) is 1.00. The van der Waals surface area contributed by atoms with E-state index in [1.807, 2.05) is 0 Å². The molecule has 0 aliphatic rings. The summed E-state index contributed by atoms with van der Waals surface area (Å²) >= 11 is 0. The van der Waals surface area contributed by atoms with Gasteiger partial charge in [0, 0.05) is 0 Å². The molecule has 0 bridgehead atoms. The van der Waals surface area contributed by atoms with E-state index in [4.69, 9.17) is 9.46 Å². The van der Waals surface area contributed by atoms with E-state index >= 15 is 0 Å². The molecule has 1 N–H and O–H groups in total. The summed E-state index contributed by atoms with van der Waals surface area (Å²) in [7, 11) is -3.24. The van der Waals surface area contributed by atoms with Crippen LogP contribution in [-0.4, -0.2) is 11.1 Å². The van der Waals surface area contributed by atoms with Gasteiger partial charge in [-0.3, -0.25) is 0 Å². The minimum atomic E-state index is -3.24. The molecule has 0 aromatic heterocycles. The van der Waals surface area contributed by atoms with E-state index in [1.165, 1.54) is 0 Å². The van der Waals surface area contributed by atoms with Gasteiger partial charge in [0.05, 0.1) is 0 Å². The van der Waals surface area contributed by atoms with Crippen LogP contribution < -0.4 is 0 Å². The van der Waals surface area contributed by atoms with Crippen LogP contribution in [0, 0.1) is 0 Å². The molecule has 0 rings (SSSR count). The molecule has 0 fully saturated rings. The predicted molar refractivity (Wildman–Crippen MR) is 15.8 cm³/mol. The Balaban J connectivity index is 3.26. The maximum atomic E-state index is 10.6. The molecule has 1 unspecified atom stereocenters. The van der Waals surface area contributed by atoms with Crippen molar-refractivity contribution < 1.29 is 18.2 Å². The van der Waals surface area contributed by atoms with Gasteiger partial charge < -0.3 is 0 Å². The van der Waals surface area contributed by atoms with Gasteiger partial charge in [0.25, 0.3) is 0 Å². The van der Waals surface area contributed by atoms with Crippen molar-refractivity contribution >= 4 is 8.03 Å². The molecule has 2 nitrogen and oxygen atoms in total. The summed E-state index contributed by atoms with van der Waals surface area (Å²) in [6.45, 7) is 0. The van der Waals surface area contributed by atoms with Crippen molar-refractivity contribution in [2.24, 2.45) is 0 Å². The summed E-state index contributed by atoms with van der Waals surface area (Å²) in [6, 6.07) is 0. The summed E-state index contributed by atoms with van der Waals surface area (Å²) in [5.41, 5.74) is 0. The Bertz CT molecular complexity index is 62.6. The highest BCUT2D eigenvalue weighted by Gasteiger charge is 2.26. The SMILES string of the molecule is O=[P+](O)C(F)F. The zero-order valence-corrected chi connectivity index (χ0v) is 3.53. The van der Waals surface area contributed by atoms with Gasteiger partial charge in [0.15, 0.2) is 0 Å². The van der Waals surface area contributed by atoms with Gasteiger partial charge in [0.1, 0.15) is 0 Å². The molecule has 0 aliphatic carbocycles. The van der Waals surface area contributed by atoms with E-state index in [0.717, 1.165) is 0 Å². The molecule has 1 atom stereocenters. The quantitative estimate of drug-likeness (QED) is 0.516. The zero-order valence-electron chi connectivity index (χ0n) is 2.64. The van der Waals surface area contributed by atoms with Gasteiger partial charge in [-0.2, -0.15) is 13.7 Å². The van der Waals surface area contributed by atoms with E-state index in [2.05, 4.69) is 0 Å². The van der Waals surface area contributed by atoms with Crippen LogP contribution in [-0.2, 0) is 4.57 Å². The molecule has 36 valence electrons. The van der Waals surface area contributed by atoms with Gasteiger partial charge >= 0.3 is 14.2 Å². The summed E-state index contributed by atoms with van der Waals surface area (Å²) in [4.78, 5) is 7.39. The molecule has 0 aromatic rings. The number of hydrogen-bond acceptors (Lipinski definition) is 1. The first-order valence-corrected chi connectivity index (χ1v) is 2.36. The third kappa shape index (κ3) is 2.18. The number of halogens is 2. The molecular formula is CH2F2O2P+. The molecule has 0 saturated heterocycles. The molecule has 0 aromatic carbocycles. The lowest BCUT2D eigenvalue weighted by molar-refractivity contribution is 0.222. The van der Waals surface area contributed by atoms with Crippen molar-refractivity contribution in [3.8, 4) is 0 Å². The zero-order chi connectivity index (χ0) is 5.15. The van der Waals surface area contributed by atoms with Crippen LogP contribution in [0.4, 0.5) is 8.78 Å². The van der Waals surface area contributed by atoms with E-state index in [9.17, 15) is 8.78 Å². The van der Waals surface area contributed by atoms with E-state index in [-0.39, 0.29) is 0 Å². The lowest BCUT2D eigenvalue weighted by Gasteiger charge is -1.66. The maximum absolute atomic E-state index is 10.6. The Morgan fingerprint density at radius 3 is 1.83 bits per heavy atom.